The van der Waals surface area contributed by atoms with E-state index in [1.807, 2.05) is 0 Å². The van der Waals surface area contributed by atoms with Gasteiger partial charge in [-0.05, 0) is 18.3 Å². The van der Waals surface area contributed by atoms with Crippen LogP contribution in [0.5, 0.6) is 0 Å². The van der Waals surface area contributed by atoms with Crippen molar-refractivity contribution in [1.82, 2.24) is 0 Å². The number of ether oxygens (including phenoxy) is 1. The van der Waals surface area contributed by atoms with Crippen molar-refractivity contribution < 1.29 is 9.53 Å². The molecule has 0 saturated carbocycles. The summed E-state index contributed by atoms with van der Waals surface area (Å²) in [6.45, 7) is 10.0. The Morgan fingerprint density at radius 2 is 1.73 bits per heavy atom. The van der Waals surface area contributed by atoms with Crippen molar-refractivity contribution in [3.63, 3.8) is 0 Å². The van der Waals surface area contributed by atoms with Gasteiger partial charge in [0.05, 0.1) is 0 Å². The lowest BCUT2D eigenvalue weighted by atomic mass is 9.89. The first-order chi connectivity index (χ1) is 6.95. The highest BCUT2D eigenvalue weighted by Crippen LogP contribution is 2.19. The van der Waals surface area contributed by atoms with Gasteiger partial charge in [0.1, 0.15) is 5.78 Å². The van der Waals surface area contributed by atoms with Crippen molar-refractivity contribution in [2.24, 2.45) is 5.41 Å². The van der Waals surface area contributed by atoms with Crippen LogP contribution in [0.25, 0.3) is 0 Å². The van der Waals surface area contributed by atoms with Crippen LogP contribution in [0.3, 0.4) is 0 Å². The first-order valence-corrected chi connectivity index (χ1v) is 6.05. The second-order valence-corrected chi connectivity index (χ2v) is 5.35. The molecule has 90 valence electrons. The Morgan fingerprint density at radius 3 is 2.27 bits per heavy atom. The molecule has 0 aromatic rings. The van der Waals surface area contributed by atoms with Gasteiger partial charge < -0.3 is 4.74 Å². The van der Waals surface area contributed by atoms with E-state index in [-0.39, 0.29) is 5.41 Å². The third-order valence-corrected chi connectivity index (χ3v) is 2.11. The topological polar surface area (TPSA) is 26.3 Å². The zero-order chi connectivity index (χ0) is 11.7. The smallest absolute Gasteiger partial charge is 0.133 e. The van der Waals surface area contributed by atoms with Crippen LogP contribution in [-0.4, -0.2) is 19.0 Å². The van der Waals surface area contributed by atoms with Gasteiger partial charge in [0, 0.05) is 26.1 Å². The Hall–Kier alpha value is -0.370. The molecule has 0 spiro atoms. The van der Waals surface area contributed by atoms with E-state index in [1.54, 1.807) is 0 Å². The maximum absolute atomic E-state index is 11.5. The van der Waals surface area contributed by atoms with Crippen molar-refractivity contribution in [1.29, 1.82) is 0 Å². The van der Waals surface area contributed by atoms with Crippen LogP contribution >= 0.6 is 0 Å². The van der Waals surface area contributed by atoms with Crippen LogP contribution in [-0.2, 0) is 9.53 Å². The summed E-state index contributed by atoms with van der Waals surface area (Å²) in [4.78, 5) is 11.5. The van der Waals surface area contributed by atoms with Gasteiger partial charge in [-0.1, -0.05) is 34.1 Å². The summed E-state index contributed by atoms with van der Waals surface area (Å²) in [7, 11) is 0. The second-order valence-electron chi connectivity index (χ2n) is 5.35. The van der Waals surface area contributed by atoms with Crippen LogP contribution in [0, 0.1) is 5.41 Å². The minimum absolute atomic E-state index is 0.125. The number of ketones is 1. The Labute approximate surface area is 94.4 Å². The molecule has 0 fully saturated rings. The third-order valence-electron chi connectivity index (χ3n) is 2.11. The molecule has 0 saturated heterocycles. The maximum Gasteiger partial charge on any atom is 0.133 e. The predicted molar refractivity (Wildman–Crippen MR) is 64.0 cm³/mol. The van der Waals surface area contributed by atoms with E-state index in [0.717, 1.165) is 26.1 Å². The van der Waals surface area contributed by atoms with Gasteiger partial charge in [-0.25, -0.2) is 0 Å². The fourth-order valence-corrected chi connectivity index (χ4v) is 1.40. The first kappa shape index (κ1) is 14.6. The summed E-state index contributed by atoms with van der Waals surface area (Å²) in [5.74, 6) is 0.363. The van der Waals surface area contributed by atoms with Crippen LogP contribution in [0.15, 0.2) is 0 Å². The number of carbonyl (C=O) groups excluding carboxylic acids is 1. The molecule has 0 aromatic heterocycles. The van der Waals surface area contributed by atoms with E-state index in [9.17, 15) is 4.79 Å². The van der Waals surface area contributed by atoms with Gasteiger partial charge in [-0.2, -0.15) is 0 Å². The zero-order valence-corrected chi connectivity index (χ0v) is 10.8. The molecule has 15 heavy (non-hydrogen) atoms. The van der Waals surface area contributed by atoms with Crippen molar-refractivity contribution in [2.45, 2.75) is 59.8 Å². The molecule has 0 atom stereocenters. The Kier molecular flexibility index (Phi) is 7.67. The Morgan fingerprint density at radius 1 is 1.13 bits per heavy atom. The number of carbonyl (C=O) groups is 1. The molecular weight excluding hydrogens is 188 g/mol. The minimum Gasteiger partial charge on any atom is -0.381 e. The van der Waals surface area contributed by atoms with Crippen LogP contribution in [0.4, 0.5) is 0 Å². The highest BCUT2D eigenvalue weighted by atomic mass is 16.5. The average molecular weight is 214 g/mol. The SMILES string of the molecule is CCCCOCCCC(=O)CC(C)(C)C. The molecule has 0 unspecified atom stereocenters. The summed E-state index contributed by atoms with van der Waals surface area (Å²) < 4.78 is 5.40. The second kappa shape index (κ2) is 7.86. The van der Waals surface area contributed by atoms with Crippen LogP contribution in [0.1, 0.15) is 59.8 Å². The van der Waals surface area contributed by atoms with Gasteiger partial charge in [-0.15, -0.1) is 0 Å². The van der Waals surface area contributed by atoms with Crippen LogP contribution < -0.4 is 0 Å². The van der Waals surface area contributed by atoms with Crippen LogP contribution in [0.2, 0.25) is 0 Å². The summed E-state index contributed by atoms with van der Waals surface area (Å²) in [5.41, 5.74) is 0.125. The van der Waals surface area contributed by atoms with Crippen molar-refractivity contribution in [2.75, 3.05) is 13.2 Å². The highest BCUT2D eigenvalue weighted by molar-refractivity contribution is 5.78. The molecule has 2 heteroatoms. The normalized spacial score (nSPS) is 11.7. The van der Waals surface area contributed by atoms with Crippen molar-refractivity contribution >= 4 is 5.78 Å². The monoisotopic (exact) mass is 214 g/mol. The number of unbranched alkanes of at least 4 members (excludes halogenated alkanes) is 1. The summed E-state index contributed by atoms with van der Waals surface area (Å²) in [6.07, 6.45) is 4.52. The standard InChI is InChI=1S/C13H26O2/c1-5-6-9-15-10-7-8-12(14)11-13(2,3)4/h5-11H2,1-4H3. The first-order valence-electron chi connectivity index (χ1n) is 6.05. The summed E-state index contributed by atoms with van der Waals surface area (Å²) >= 11 is 0. The fourth-order valence-electron chi connectivity index (χ4n) is 1.40. The lowest BCUT2D eigenvalue weighted by molar-refractivity contribution is -0.121. The van der Waals surface area contributed by atoms with Gasteiger partial charge in [-0.3, -0.25) is 4.79 Å². The molecule has 0 N–H and O–H groups in total. The van der Waals surface area contributed by atoms with E-state index in [2.05, 4.69) is 27.7 Å². The molecule has 0 radical (unpaired) electrons. The highest BCUT2D eigenvalue weighted by Gasteiger charge is 2.15. The third kappa shape index (κ3) is 11.6. The Balaban J connectivity index is 3.32. The fraction of sp³-hybridized carbons (Fsp3) is 0.923. The van der Waals surface area contributed by atoms with Crippen molar-refractivity contribution in [3.05, 3.63) is 0 Å². The van der Waals surface area contributed by atoms with Gasteiger partial charge in [0.15, 0.2) is 0 Å². The van der Waals surface area contributed by atoms with E-state index in [0.29, 0.717) is 18.6 Å². The minimum atomic E-state index is 0.125. The van der Waals surface area contributed by atoms with Gasteiger partial charge in [0.2, 0.25) is 0 Å². The molecule has 0 aliphatic carbocycles. The number of hydrogen-bond donors (Lipinski definition) is 0. The lowest BCUT2D eigenvalue weighted by Crippen LogP contribution is -2.13. The van der Waals surface area contributed by atoms with Gasteiger partial charge >= 0.3 is 0 Å². The Bertz CT molecular complexity index is 168. The molecule has 0 heterocycles. The van der Waals surface area contributed by atoms with Gasteiger partial charge in [0.25, 0.3) is 0 Å². The largest absolute Gasteiger partial charge is 0.381 e. The molecule has 2 nitrogen and oxygen atoms in total. The van der Waals surface area contributed by atoms with E-state index in [1.165, 1.54) is 6.42 Å². The van der Waals surface area contributed by atoms with E-state index < -0.39 is 0 Å². The van der Waals surface area contributed by atoms with Crippen molar-refractivity contribution in [3.8, 4) is 0 Å². The maximum atomic E-state index is 11.5. The lowest BCUT2D eigenvalue weighted by Gasteiger charge is -2.16. The average Bonchev–Trinajstić information content (AvgIpc) is 2.08. The molecule has 0 rings (SSSR count). The summed E-state index contributed by atoms with van der Waals surface area (Å²) in [6, 6.07) is 0. The quantitative estimate of drug-likeness (QED) is 0.577. The molecule has 0 amide bonds. The molecule has 0 aliphatic heterocycles. The molecule has 0 bridgehead atoms. The molecule has 0 aliphatic rings. The molecule has 0 aromatic carbocycles. The van der Waals surface area contributed by atoms with E-state index >= 15 is 0 Å². The summed E-state index contributed by atoms with van der Waals surface area (Å²) in [5, 5.41) is 0. The molecular formula is C13H26O2. The zero-order valence-electron chi connectivity index (χ0n) is 10.8. The number of rotatable bonds is 8. The number of hydrogen-bond acceptors (Lipinski definition) is 2. The number of Topliss-reactive ketones (excluding diaryl/α,β-unsaturated/α-hetero) is 1. The van der Waals surface area contributed by atoms with E-state index in [4.69, 9.17) is 4.74 Å². The predicted octanol–water partition coefficient (Wildman–Crippen LogP) is 3.59.